The normalized spacial score (nSPS) is 11.5. The minimum atomic E-state index is -3.65. The van der Waals surface area contributed by atoms with Gasteiger partial charge in [-0.15, -0.1) is 10.2 Å². The van der Waals surface area contributed by atoms with Crippen LogP contribution in [0.25, 0.3) is 0 Å². The van der Waals surface area contributed by atoms with Crippen LogP contribution in [0.3, 0.4) is 0 Å². The zero-order valence-electron chi connectivity index (χ0n) is 8.53. The van der Waals surface area contributed by atoms with Gasteiger partial charge in [-0.05, 0) is 6.07 Å². The molecular weight excluding hydrogens is 246 g/mol. The van der Waals surface area contributed by atoms with E-state index in [9.17, 15) is 8.42 Å². The van der Waals surface area contributed by atoms with Crippen LogP contribution in [0.4, 0.5) is 5.82 Å². The lowest BCUT2D eigenvalue weighted by Gasteiger charge is -2.04. The molecule has 2 aromatic heterocycles. The Labute approximate surface area is 96.5 Å². The van der Waals surface area contributed by atoms with Crippen LogP contribution in [-0.2, 0) is 16.6 Å². The number of hydrogen-bond donors (Lipinski definition) is 3. The first-order valence-corrected chi connectivity index (χ1v) is 6.00. The number of nitrogens with one attached hydrogen (secondary N) is 2. The summed E-state index contributed by atoms with van der Waals surface area (Å²) in [7, 11) is -3.65. The number of H-pyrrole nitrogens is 1. The number of nitrogens with zero attached hydrogens (tertiary/aromatic N) is 4. The second-order valence-electron chi connectivity index (χ2n) is 3.07. The molecule has 2 heterocycles. The number of sulfonamides is 1. The van der Waals surface area contributed by atoms with E-state index in [1.165, 1.54) is 18.3 Å². The van der Waals surface area contributed by atoms with Crippen LogP contribution >= 0.6 is 0 Å². The molecule has 4 N–H and O–H groups in total. The Bertz CT molecular complexity index is 594. The lowest BCUT2D eigenvalue weighted by Crippen LogP contribution is -2.24. The van der Waals surface area contributed by atoms with Gasteiger partial charge in [0.05, 0.1) is 11.4 Å². The fourth-order valence-electron chi connectivity index (χ4n) is 1.10. The van der Waals surface area contributed by atoms with E-state index in [0.29, 0.717) is 0 Å². The van der Waals surface area contributed by atoms with Crippen molar-refractivity contribution in [1.82, 2.24) is 30.3 Å². The van der Waals surface area contributed by atoms with Crippen molar-refractivity contribution in [3.05, 3.63) is 24.2 Å². The molecule has 9 nitrogen and oxygen atoms in total. The van der Waals surface area contributed by atoms with E-state index in [2.05, 4.69) is 30.3 Å². The van der Waals surface area contributed by atoms with Gasteiger partial charge in [0.15, 0.2) is 5.82 Å². The molecule has 0 radical (unpaired) electrons. The molecule has 0 aliphatic heterocycles. The van der Waals surface area contributed by atoms with E-state index in [1.54, 1.807) is 0 Å². The third-order valence-electron chi connectivity index (χ3n) is 1.87. The molecule has 0 fully saturated rings. The number of anilines is 1. The van der Waals surface area contributed by atoms with Gasteiger partial charge in [-0.1, -0.05) is 5.21 Å². The molecule has 0 aliphatic rings. The molecule has 17 heavy (non-hydrogen) atoms. The van der Waals surface area contributed by atoms with E-state index in [-0.39, 0.29) is 23.1 Å². The number of rotatable bonds is 4. The zero-order chi connectivity index (χ0) is 12.3. The van der Waals surface area contributed by atoms with Crippen molar-refractivity contribution in [3.63, 3.8) is 0 Å². The lowest BCUT2D eigenvalue weighted by atomic mass is 10.5. The number of pyridine rings is 1. The topological polar surface area (TPSA) is 140 Å². The Morgan fingerprint density at radius 3 is 2.94 bits per heavy atom. The molecule has 0 atom stereocenters. The van der Waals surface area contributed by atoms with Crippen LogP contribution in [0.15, 0.2) is 23.2 Å². The molecular formula is C7H9N7O2S. The van der Waals surface area contributed by atoms with E-state index in [1.807, 2.05) is 0 Å². The quantitative estimate of drug-likeness (QED) is 0.613. The van der Waals surface area contributed by atoms with Crippen molar-refractivity contribution in [1.29, 1.82) is 0 Å². The highest BCUT2D eigenvalue weighted by molar-refractivity contribution is 7.89. The fraction of sp³-hybridized carbons (Fsp3) is 0.143. The summed E-state index contributed by atoms with van der Waals surface area (Å²) in [4.78, 5) is 3.74. The summed E-state index contributed by atoms with van der Waals surface area (Å²) in [6.45, 7) is -0.0545. The molecule has 2 rings (SSSR count). The van der Waals surface area contributed by atoms with Crippen molar-refractivity contribution < 1.29 is 8.42 Å². The van der Waals surface area contributed by atoms with Crippen molar-refractivity contribution >= 4 is 15.8 Å². The molecule has 0 saturated heterocycles. The molecule has 0 bridgehead atoms. The van der Waals surface area contributed by atoms with Crippen LogP contribution in [-0.4, -0.2) is 34.0 Å². The number of aromatic amines is 1. The van der Waals surface area contributed by atoms with Gasteiger partial charge in [-0.3, -0.25) is 0 Å². The SMILES string of the molecule is Nc1cc(S(=O)(=O)NCc2nn[nH]n2)ccn1. The largest absolute Gasteiger partial charge is 0.384 e. The van der Waals surface area contributed by atoms with E-state index in [4.69, 9.17) is 5.73 Å². The first kappa shape index (κ1) is 11.4. The number of hydrogen-bond acceptors (Lipinski definition) is 7. The summed E-state index contributed by atoms with van der Waals surface area (Å²) in [5, 5.41) is 12.8. The van der Waals surface area contributed by atoms with Gasteiger partial charge in [0.1, 0.15) is 5.82 Å². The van der Waals surface area contributed by atoms with Crippen molar-refractivity contribution in [3.8, 4) is 0 Å². The highest BCUT2D eigenvalue weighted by atomic mass is 32.2. The molecule has 0 saturated carbocycles. The third-order valence-corrected chi connectivity index (χ3v) is 3.27. The van der Waals surface area contributed by atoms with Crippen molar-refractivity contribution in [2.45, 2.75) is 11.4 Å². The Morgan fingerprint density at radius 1 is 1.47 bits per heavy atom. The molecule has 0 aliphatic carbocycles. The summed E-state index contributed by atoms with van der Waals surface area (Å²) >= 11 is 0. The van der Waals surface area contributed by atoms with Gasteiger partial charge in [0.2, 0.25) is 10.0 Å². The average Bonchev–Trinajstić information content (AvgIpc) is 2.79. The third kappa shape index (κ3) is 2.73. The maximum Gasteiger partial charge on any atom is 0.241 e. The number of nitrogen functional groups attached to an aromatic ring is 1. The molecule has 90 valence electrons. The zero-order valence-corrected chi connectivity index (χ0v) is 9.35. The van der Waals surface area contributed by atoms with E-state index >= 15 is 0 Å². The molecule has 2 aromatic rings. The molecule has 0 unspecified atom stereocenters. The lowest BCUT2D eigenvalue weighted by molar-refractivity contribution is 0.579. The maximum atomic E-state index is 11.8. The Kier molecular flexibility index (Phi) is 2.97. The maximum absolute atomic E-state index is 11.8. The minimum absolute atomic E-state index is 0.0356. The van der Waals surface area contributed by atoms with E-state index < -0.39 is 10.0 Å². The first-order valence-electron chi connectivity index (χ1n) is 4.51. The Morgan fingerprint density at radius 2 is 2.29 bits per heavy atom. The minimum Gasteiger partial charge on any atom is -0.384 e. The van der Waals surface area contributed by atoms with Crippen molar-refractivity contribution in [2.75, 3.05) is 5.73 Å². The summed E-state index contributed by atoms with van der Waals surface area (Å²) in [5.41, 5.74) is 5.40. The predicted octanol–water partition coefficient (Wildman–Crippen LogP) is -1.34. The predicted molar refractivity (Wildman–Crippen MR) is 56.9 cm³/mol. The Hall–Kier alpha value is -2.07. The van der Waals surface area contributed by atoms with Gasteiger partial charge in [-0.2, -0.15) is 5.21 Å². The summed E-state index contributed by atoms with van der Waals surface area (Å²) < 4.78 is 25.9. The standard InChI is InChI=1S/C7H9N7O2S/c8-6-3-5(1-2-9-6)17(15,16)10-4-7-11-13-14-12-7/h1-3,10H,4H2,(H2,8,9)(H,11,12,13,14). The first-order chi connectivity index (χ1) is 8.08. The number of tetrazole rings is 1. The van der Waals surface area contributed by atoms with Gasteiger partial charge >= 0.3 is 0 Å². The highest BCUT2D eigenvalue weighted by Gasteiger charge is 2.15. The van der Waals surface area contributed by atoms with Crippen LogP contribution in [0.2, 0.25) is 0 Å². The Balaban J connectivity index is 2.14. The van der Waals surface area contributed by atoms with Crippen LogP contribution in [0.1, 0.15) is 5.82 Å². The molecule has 10 heteroatoms. The number of nitrogens with two attached hydrogens (primary N) is 1. The van der Waals surface area contributed by atoms with Crippen LogP contribution < -0.4 is 10.5 Å². The summed E-state index contributed by atoms with van der Waals surface area (Å²) in [5.74, 6) is 0.378. The highest BCUT2D eigenvalue weighted by Crippen LogP contribution is 2.10. The molecule has 0 spiro atoms. The van der Waals surface area contributed by atoms with Gasteiger partial charge in [-0.25, -0.2) is 18.1 Å². The van der Waals surface area contributed by atoms with Gasteiger partial charge in [0.25, 0.3) is 0 Å². The number of aromatic nitrogens is 5. The van der Waals surface area contributed by atoms with Gasteiger partial charge < -0.3 is 5.73 Å². The van der Waals surface area contributed by atoms with Gasteiger partial charge in [0, 0.05) is 12.3 Å². The molecule has 0 amide bonds. The van der Waals surface area contributed by atoms with Crippen LogP contribution in [0, 0.1) is 0 Å². The monoisotopic (exact) mass is 255 g/mol. The fourth-order valence-corrected chi connectivity index (χ4v) is 2.10. The second kappa shape index (κ2) is 4.43. The van der Waals surface area contributed by atoms with Crippen molar-refractivity contribution in [2.24, 2.45) is 0 Å². The van der Waals surface area contributed by atoms with Crippen LogP contribution in [0.5, 0.6) is 0 Å². The second-order valence-corrected chi connectivity index (χ2v) is 4.84. The molecule has 0 aromatic carbocycles. The summed E-state index contributed by atoms with van der Waals surface area (Å²) in [6.07, 6.45) is 1.32. The average molecular weight is 255 g/mol. The summed E-state index contributed by atoms with van der Waals surface area (Å²) in [6, 6.07) is 2.60. The smallest absolute Gasteiger partial charge is 0.241 e. The van der Waals surface area contributed by atoms with E-state index in [0.717, 1.165) is 0 Å².